The maximum absolute atomic E-state index is 13.2. The van der Waals surface area contributed by atoms with Crippen molar-refractivity contribution in [3.05, 3.63) is 95.1 Å². The zero-order valence-corrected chi connectivity index (χ0v) is 17.6. The Morgan fingerprint density at radius 1 is 1.03 bits per heavy atom. The Kier molecular flexibility index (Phi) is 6.75. The van der Waals surface area contributed by atoms with Crippen LogP contribution in [0.25, 0.3) is 0 Å². The molecule has 2 atom stereocenters. The van der Waals surface area contributed by atoms with Gasteiger partial charge in [0.15, 0.2) is 0 Å². The summed E-state index contributed by atoms with van der Waals surface area (Å²) in [6.07, 6.45) is 2.30. The summed E-state index contributed by atoms with van der Waals surface area (Å²) in [6.45, 7) is 3.75. The second kappa shape index (κ2) is 9.28. The molecule has 3 rings (SSSR count). The predicted octanol–water partition coefficient (Wildman–Crippen LogP) is 4.99. The molecular formula is C24H23ClO5. The largest absolute Gasteiger partial charge is 0.468 e. The lowest BCUT2D eigenvalue weighted by atomic mass is 9.72. The van der Waals surface area contributed by atoms with E-state index in [9.17, 15) is 9.59 Å². The molecule has 0 amide bonds. The van der Waals surface area contributed by atoms with Gasteiger partial charge in [-0.3, -0.25) is 9.59 Å². The Labute approximate surface area is 180 Å². The molecule has 6 heteroatoms. The first kappa shape index (κ1) is 21.8. The van der Waals surface area contributed by atoms with E-state index in [0.29, 0.717) is 22.6 Å². The second-order valence-corrected chi connectivity index (χ2v) is 7.27. The summed E-state index contributed by atoms with van der Waals surface area (Å²) in [7, 11) is 2.49. The molecule has 5 nitrogen and oxygen atoms in total. The maximum Gasteiger partial charge on any atom is 0.330 e. The Morgan fingerprint density at radius 3 is 2.17 bits per heavy atom. The van der Waals surface area contributed by atoms with Gasteiger partial charge in [-0.2, -0.15) is 0 Å². The second-order valence-electron chi connectivity index (χ2n) is 6.83. The van der Waals surface area contributed by atoms with Crippen molar-refractivity contribution in [1.82, 2.24) is 0 Å². The number of carbonyl (C=O) groups is 2. The lowest BCUT2D eigenvalue weighted by molar-refractivity contribution is -0.171. The van der Waals surface area contributed by atoms with Crippen molar-refractivity contribution in [1.29, 1.82) is 0 Å². The topological polar surface area (TPSA) is 61.8 Å². The Hall–Kier alpha value is -2.89. The van der Waals surface area contributed by atoms with Crippen LogP contribution in [-0.4, -0.2) is 26.2 Å². The van der Waals surface area contributed by atoms with Crippen LogP contribution in [0.3, 0.4) is 0 Å². The van der Waals surface area contributed by atoms with Gasteiger partial charge >= 0.3 is 11.9 Å². The Balaban J connectivity index is 2.30. The third-order valence-corrected chi connectivity index (χ3v) is 5.45. The fraction of sp³-hybridized carbons (Fsp3) is 0.250. The number of ether oxygens (including phenoxy) is 3. The van der Waals surface area contributed by atoms with Crippen LogP contribution >= 0.6 is 11.6 Å². The quantitative estimate of drug-likeness (QED) is 0.370. The van der Waals surface area contributed by atoms with Crippen LogP contribution in [0.2, 0.25) is 5.02 Å². The van der Waals surface area contributed by atoms with Gasteiger partial charge in [-0.05, 0) is 35.3 Å². The van der Waals surface area contributed by atoms with Crippen molar-refractivity contribution in [2.45, 2.75) is 18.6 Å². The summed E-state index contributed by atoms with van der Waals surface area (Å²) >= 11 is 6.04. The Morgan fingerprint density at radius 2 is 1.63 bits per heavy atom. The molecule has 0 spiro atoms. The fourth-order valence-electron chi connectivity index (χ4n) is 3.86. The molecular weight excluding hydrogens is 404 g/mol. The van der Waals surface area contributed by atoms with E-state index in [1.54, 1.807) is 36.4 Å². The summed E-state index contributed by atoms with van der Waals surface area (Å²) in [5, 5.41) is 0.528. The molecule has 0 unspecified atom stereocenters. The highest BCUT2D eigenvalue weighted by atomic mass is 35.5. The highest BCUT2D eigenvalue weighted by Gasteiger charge is 2.65. The van der Waals surface area contributed by atoms with Crippen LogP contribution in [0.5, 0.6) is 0 Å². The monoisotopic (exact) mass is 426 g/mol. The molecule has 1 aliphatic heterocycles. The molecule has 30 heavy (non-hydrogen) atoms. The summed E-state index contributed by atoms with van der Waals surface area (Å²) in [6, 6.07) is 16.2. The number of halogens is 1. The summed E-state index contributed by atoms with van der Waals surface area (Å²) in [4.78, 5) is 26.5. The van der Waals surface area contributed by atoms with Gasteiger partial charge in [-0.25, -0.2) is 0 Å². The number of hydrogen-bond acceptors (Lipinski definition) is 5. The standard InChI is InChI=1S/C24H23ClO5/c1-4-5-11-19-20(16-9-7-6-8-10-16)30-21(17-12-14-18(25)15-13-17)24(19,22(26)28-2)23(27)29-3/h4,6-15,20-21H,1,5H2,2-3H3/b19-11+/t20-,21+/m1/s1. The molecule has 0 bridgehead atoms. The zero-order chi connectivity index (χ0) is 21.7. The van der Waals surface area contributed by atoms with Crippen molar-refractivity contribution in [2.24, 2.45) is 5.41 Å². The van der Waals surface area contributed by atoms with Crippen LogP contribution in [0.4, 0.5) is 0 Å². The average molecular weight is 427 g/mol. The molecule has 1 saturated heterocycles. The number of methoxy groups -OCH3 is 2. The summed E-state index contributed by atoms with van der Waals surface area (Å²) in [5.74, 6) is -1.49. The molecule has 1 heterocycles. The van der Waals surface area contributed by atoms with Crippen LogP contribution in [0.1, 0.15) is 29.8 Å². The van der Waals surface area contributed by atoms with Gasteiger partial charge < -0.3 is 14.2 Å². The van der Waals surface area contributed by atoms with Crippen molar-refractivity contribution in [3.63, 3.8) is 0 Å². The maximum atomic E-state index is 13.2. The van der Waals surface area contributed by atoms with Gasteiger partial charge in [-0.1, -0.05) is 66.2 Å². The summed E-state index contributed by atoms with van der Waals surface area (Å²) < 4.78 is 16.6. The number of carbonyl (C=O) groups excluding carboxylic acids is 2. The zero-order valence-electron chi connectivity index (χ0n) is 16.8. The molecule has 2 aromatic rings. The van der Waals surface area contributed by atoms with Crippen molar-refractivity contribution < 1.29 is 23.8 Å². The highest BCUT2D eigenvalue weighted by molar-refractivity contribution is 6.30. The van der Waals surface area contributed by atoms with Crippen molar-refractivity contribution in [2.75, 3.05) is 14.2 Å². The van der Waals surface area contributed by atoms with Crippen LogP contribution in [0.15, 0.2) is 78.9 Å². The normalized spacial score (nSPS) is 21.2. The first-order valence-corrected chi connectivity index (χ1v) is 9.82. The van der Waals surface area contributed by atoms with E-state index >= 15 is 0 Å². The van der Waals surface area contributed by atoms with E-state index in [0.717, 1.165) is 5.56 Å². The lowest BCUT2D eigenvalue weighted by Gasteiger charge is -2.30. The summed E-state index contributed by atoms with van der Waals surface area (Å²) in [5.41, 5.74) is 0.0766. The average Bonchev–Trinajstić information content (AvgIpc) is 3.13. The van der Waals surface area contributed by atoms with Gasteiger partial charge in [0.1, 0.15) is 12.2 Å². The first-order chi connectivity index (χ1) is 14.5. The van der Waals surface area contributed by atoms with Crippen LogP contribution in [-0.2, 0) is 23.8 Å². The van der Waals surface area contributed by atoms with E-state index in [-0.39, 0.29) is 0 Å². The molecule has 0 aliphatic carbocycles. The van der Waals surface area contributed by atoms with Gasteiger partial charge in [-0.15, -0.1) is 6.58 Å². The number of benzene rings is 2. The number of esters is 2. The van der Waals surface area contributed by atoms with Crippen LogP contribution < -0.4 is 0 Å². The van der Waals surface area contributed by atoms with Gasteiger partial charge in [0, 0.05) is 5.02 Å². The van der Waals surface area contributed by atoms with Gasteiger partial charge in [0.25, 0.3) is 0 Å². The number of allylic oxidation sites excluding steroid dienone is 2. The lowest BCUT2D eigenvalue weighted by Crippen LogP contribution is -2.45. The highest BCUT2D eigenvalue weighted by Crippen LogP contribution is 2.58. The van der Waals surface area contributed by atoms with E-state index in [4.69, 9.17) is 25.8 Å². The number of rotatable bonds is 6. The minimum absolute atomic E-state index is 0.436. The van der Waals surface area contributed by atoms with Gasteiger partial charge in [0.2, 0.25) is 5.41 Å². The molecule has 0 aromatic heterocycles. The SMILES string of the molecule is C=CC/C=C1\[C@@H](c2ccccc2)O[C@@H](c2ccc(Cl)cc2)C1(C(=O)OC)C(=O)OC. The molecule has 0 saturated carbocycles. The number of hydrogen-bond donors (Lipinski definition) is 0. The fourth-order valence-corrected chi connectivity index (χ4v) is 3.98. The molecule has 0 N–H and O–H groups in total. The smallest absolute Gasteiger partial charge is 0.330 e. The van der Waals surface area contributed by atoms with Crippen molar-refractivity contribution in [3.8, 4) is 0 Å². The van der Waals surface area contributed by atoms with E-state index < -0.39 is 29.6 Å². The minimum atomic E-state index is -1.80. The van der Waals surface area contributed by atoms with E-state index in [2.05, 4.69) is 6.58 Å². The first-order valence-electron chi connectivity index (χ1n) is 9.44. The Bertz CT molecular complexity index is 933. The van der Waals surface area contributed by atoms with E-state index in [1.165, 1.54) is 14.2 Å². The van der Waals surface area contributed by atoms with Gasteiger partial charge in [0.05, 0.1) is 14.2 Å². The van der Waals surface area contributed by atoms with E-state index in [1.807, 2.05) is 30.3 Å². The molecule has 0 radical (unpaired) electrons. The third kappa shape index (κ3) is 3.66. The minimum Gasteiger partial charge on any atom is -0.468 e. The molecule has 1 fully saturated rings. The predicted molar refractivity (Wildman–Crippen MR) is 114 cm³/mol. The van der Waals surface area contributed by atoms with Crippen molar-refractivity contribution >= 4 is 23.5 Å². The third-order valence-electron chi connectivity index (χ3n) is 5.20. The molecule has 156 valence electrons. The molecule has 2 aromatic carbocycles. The van der Waals surface area contributed by atoms with Crippen LogP contribution in [0, 0.1) is 5.41 Å². The molecule has 1 aliphatic rings.